The van der Waals surface area contributed by atoms with Crippen LogP contribution < -0.4 is 0 Å². The molecule has 0 aliphatic carbocycles. The van der Waals surface area contributed by atoms with Crippen LogP contribution in [-0.2, 0) is 6.42 Å². The summed E-state index contributed by atoms with van der Waals surface area (Å²) in [5.41, 5.74) is 2.72. The minimum atomic E-state index is -1.02. The minimum absolute atomic E-state index is 0.0567. The topological polar surface area (TPSA) is 55.1 Å². The Kier molecular flexibility index (Phi) is 3.39. The molecule has 2 rings (SSSR count). The van der Waals surface area contributed by atoms with Crippen LogP contribution in [0.4, 0.5) is 0 Å². The SMILES string of the molecule is CCc1cc(C(=O)O)nn1-c1ccc(Cl)cc1C. The zero-order valence-electron chi connectivity index (χ0n) is 10.1. The monoisotopic (exact) mass is 264 g/mol. The fourth-order valence-electron chi connectivity index (χ4n) is 1.84. The first kappa shape index (κ1) is 12.6. The van der Waals surface area contributed by atoms with Gasteiger partial charge in [-0.1, -0.05) is 18.5 Å². The number of aromatic carboxylic acids is 1. The number of hydrogen-bond donors (Lipinski definition) is 1. The van der Waals surface area contributed by atoms with Crippen LogP contribution in [-0.4, -0.2) is 20.9 Å². The summed E-state index contributed by atoms with van der Waals surface area (Å²) in [6, 6.07) is 7.04. The lowest BCUT2D eigenvalue weighted by Crippen LogP contribution is -2.05. The molecule has 0 spiro atoms. The fraction of sp³-hybridized carbons (Fsp3) is 0.231. The summed E-state index contributed by atoms with van der Waals surface area (Å²) in [6.07, 6.45) is 0.711. The number of carboxylic acid groups (broad SMARTS) is 1. The fourth-order valence-corrected chi connectivity index (χ4v) is 2.07. The lowest BCUT2D eigenvalue weighted by Gasteiger charge is -2.09. The van der Waals surface area contributed by atoms with Crippen molar-refractivity contribution in [1.29, 1.82) is 0 Å². The molecule has 0 fully saturated rings. The van der Waals surface area contributed by atoms with Gasteiger partial charge >= 0.3 is 5.97 Å². The molecule has 18 heavy (non-hydrogen) atoms. The highest BCUT2D eigenvalue weighted by atomic mass is 35.5. The molecule has 0 saturated heterocycles. The average Bonchev–Trinajstić information content (AvgIpc) is 2.73. The van der Waals surface area contributed by atoms with E-state index in [4.69, 9.17) is 16.7 Å². The highest BCUT2D eigenvalue weighted by Gasteiger charge is 2.14. The standard InChI is InChI=1S/C13H13ClN2O2/c1-3-10-7-11(13(17)18)15-16(10)12-5-4-9(14)6-8(12)2/h4-7H,3H2,1-2H3,(H,17,18). The lowest BCUT2D eigenvalue weighted by molar-refractivity contribution is 0.0690. The molecule has 0 radical (unpaired) electrons. The summed E-state index contributed by atoms with van der Waals surface area (Å²) < 4.78 is 1.66. The van der Waals surface area contributed by atoms with Gasteiger partial charge in [0.2, 0.25) is 0 Å². The van der Waals surface area contributed by atoms with E-state index in [2.05, 4.69) is 5.10 Å². The van der Waals surface area contributed by atoms with Crippen LogP contribution in [0.15, 0.2) is 24.3 Å². The second kappa shape index (κ2) is 4.82. The summed E-state index contributed by atoms with van der Waals surface area (Å²) in [5, 5.41) is 13.7. The van der Waals surface area contributed by atoms with Crippen LogP contribution in [0, 0.1) is 6.92 Å². The van der Waals surface area contributed by atoms with Crippen LogP contribution >= 0.6 is 11.6 Å². The maximum absolute atomic E-state index is 11.0. The Bertz CT molecular complexity index is 605. The van der Waals surface area contributed by atoms with Crippen molar-refractivity contribution >= 4 is 17.6 Å². The Hall–Kier alpha value is -1.81. The van der Waals surface area contributed by atoms with Crippen molar-refractivity contribution in [3.05, 3.63) is 46.2 Å². The maximum atomic E-state index is 11.0. The first-order valence-electron chi connectivity index (χ1n) is 5.61. The van der Waals surface area contributed by atoms with Crippen LogP contribution in [0.1, 0.15) is 28.7 Å². The predicted octanol–water partition coefficient (Wildman–Crippen LogP) is 3.09. The van der Waals surface area contributed by atoms with E-state index in [1.54, 1.807) is 16.8 Å². The molecule has 0 amide bonds. The van der Waals surface area contributed by atoms with E-state index < -0.39 is 5.97 Å². The molecule has 4 nitrogen and oxygen atoms in total. The van der Waals surface area contributed by atoms with Gasteiger partial charge in [-0.05, 0) is 43.2 Å². The molecule has 1 N–H and O–H groups in total. The second-order valence-electron chi connectivity index (χ2n) is 4.02. The summed E-state index contributed by atoms with van der Waals surface area (Å²) in [5.74, 6) is -1.02. The Morgan fingerprint density at radius 3 is 2.72 bits per heavy atom. The molecule has 0 bridgehead atoms. The highest BCUT2D eigenvalue weighted by molar-refractivity contribution is 6.30. The Morgan fingerprint density at radius 2 is 2.17 bits per heavy atom. The van der Waals surface area contributed by atoms with Gasteiger partial charge in [-0.3, -0.25) is 0 Å². The van der Waals surface area contributed by atoms with Crippen molar-refractivity contribution < 1.29 is 9.90 Å². The van der Waals surface area contributed by atoms with E-state index in [0.717, 1.165) is 16.9 Å². The number of carboxylic acids is 1. The summed E-state index contributed by atoms with van der Waals surface area (Å²) in [4.78, 5) is 11.0. The van der Waals surface area contributed by atoms with Gasteiger partial charge in [0, 0.05) is 10.7 Å². The molecule has 5 heteroatoms. The molecule has 0 aliphatic heterocycles. The van der Waals surface area contributed by atoms with Gasteiger partial charge in [-0.15, -0.1) is 0 Å². The number of hydrogen-bond acceptors (Lipinski definition) is 2. The van der Waals surface area contributed by atoms with Gasteiger partial charge in [0.1, 0.15) is 0 Å². The Balaban J connectivity index is 2.58. The van der Waals surface area contributed by atoms with Gasteiger partial charge in [0.05, 0.1) is 5.69 Å². The molecule has 1 aromatic heterocycles. The zero-order chi connectivity index (χ0) is 13.3. The number of aryl methyl sites for hydroxylation is 2. The van der Waals surface area contributed by atoms with Crippen LogP contribution in [0.3, 0.4) is 0 Å². The van der Waals surface area contributed by atoms with E-state index in [1.165, 1.54) is 0 Å². The van der Waals surface area contributed by atoms with Gasteiger partial charge < -0.3 is 5.11 Å². The van der Waals surface area contributed by atoms with E-state index >= 15 is 0 Å². The molecular weight excluding hydrogens is 252 g/mol. The lowest BCUT2D eigenvalue weighted by atomic mass is 10.2. The normalized spacial score (nSPS) is 10.6. The van der Waals surface area contributed by atoms with E-state index in [1.807, 2.05) is 26.0 Å². The van der Waals surface area contributed by atoms with Crippen molar-refractivity contribution in [3.63, 3.8) is 0 Å². The molecule has 0 atom stereocenters. The van der Waals surface area contributed by atoms with Crippen LogP contribution in [0.25, 0.3) is 5.69 Å². The second-order valence-corrected chi connectivity index (χ2v) is 4.46. The van der Waals surface area contributed by atoms with Crippen LogP contribution in [0.2, 0.25) is 5.02 Å². The van der Waals surface area contributed by atoms with Gasteiger partial charge in [0.25, 0.3) is 0 Å². The number of nitrogens with zero attached hydrogens (tertiary/aromatic N) is 2. The van der Waals surface area contributed by atoms with E-state index in [0.29, 0.717) is 11.4 Å². The minimum Gasteiger partial charge on any atom is -0.476 e. The van der Waals surface area contributed by atoms with Gasteiger partial charge in [-0.25, -0.2) is 9.48 Å². The maximum Gasteiger partial charge on any atom is 0.356 e. The number of carbonyl (C=O) groups is 1. The third kappa shape index (κ3) is 2.24. The van der Waals surface area contributed by atoms with E-state index in [-0.39, 0.29) is 5.69 Å². The highest BCUT2D eigenvalue weighted by Crippen LogP contribution is 2.21. The smallest absolute Gasteiger partial charge is 0.356 e. The third-order valence-electron chi connectivity index (χ3n) is 2.75. The number of benzene rings is 1. The van der Waals surface area contributed by atoms with Crippen molar-refractivity contribution in [2.24, 2.45) is 0 Å². The number of rotatable bonds is 3. The Morgan fingerprint density at radius 1 is 1.44 bits per heavy atom. The molecule has 2 aromatic rings. The molecular formula is C13H13ClN2O2. The van der Waals surface area contributed by atoms with Crippen molar-refractivity contribution in [2.45, 2.75) is 20.3 Å². The van der Waals surface area contributed by atoms with Crippen molar-refractivity contribution in [3.8, 4) is 5.69 Å². The summed E-state index contributed by atoms with van der Waals surface area (Å²) >= 11 is 5.91. The predicted molar refractivity (Wildman–Crippen MR) is 69.6 cm³/mol. The largest absolute Gasteiger partial charge is 0.476 e. The number of halogens is 1. The first-order valence-corrected chi connectivity index (χ1v) is 5.99. The molecule has 1 aromatic carbocycles. The molecule has 1 heterocycles. The Labute approximate surface area is 110 Å². The summed E-state index contributed by atoms with van der Waals surface area (Å²) in [7, 11) is 0. The van der Waals surface area contributed by atoms with Gasteiger partial charge in [-0.2, -0.15) is 5.10 Å². The third-order valence-corrected chi connectivity index (χ3v) is 2.99. The van der Waals surface area contributed by atoms with Gasteiger partial charge in [0.15, 0.2) is 5.69 Å². The van der Waals surface area contributed by atoms with E-state index in [9.17, 15) is 4.79 Å². The van der Waals surface area contributed by atoms with Crippen LogP contribution in [0.5, 0.6) is 0 Å². The zero-order valence-corrected chi connectivity index (χ0v) is 10.9. The first-order chi connectivity index (χ1) is 8.52. The average molecular weight is 265 g/mol. The molecule has 94 valence electrons. The molecule has 0 unspecified atom stereocenters. The summed E-state index contributed by atoms with van der Waals surface area (Å²) in [6.45, 7) is 3.88. The molecule has 0 saturated carbocycles. The quantitative estimate of drug-likeness (QED) is 0.927. The van der Waals surface area contributed by atoms with Crippen molar-refractivity contribution in [2.75, 3.05) is 0 Å². The number of aromatic nitrogens is 2. The molecule has 0 aliphatic rings. The van der Waals surface area contributed by atoms with Crippen molar-refractivity contribution in [1.82, 2.24) is 9.78 Å².